The summed E-state index contributed by atoms with van der Waals surface area (Å²) in [5.74, 6) is 0.838. The van der Waals surface area contributed by atoms with Crippen molar-refractivity contribution in [2.75, 3.05) is 31.6 Å². The molecule has 0 bridgehead atoms. The van der Waals surface area contributed by atoms with Crippen molar-refractivity contribution in [3.8, 4) is 5.75 Å². The van der Waals surface area contributed by atoms with Crippen LogP contribution in [-0.2, 0) is 4.79 Å². The summed E-state index contributed by atoms with van der Waals surface area (Å²) in [6, 6.07) is 10.8. The molecular formula is C20H24N4O3. The number of hydrogen-bond donors (Lipinski definition) is 2. The number of pyridine rings is 1. The number of carbonyl (C=O) groups is 2. The number of nitrogens with one attached hydrogen (secondary N) is 2. The zero-order valence-corrected chi connectivity index (χ0v) is 15.4. The maximum Gasteiger partial charge on any atom is 0.255 e. The number of rotatable bonds is 7. The Morgan fingerprint density at radius 3 is 2.59 bits per heavy atom. The van der Waals surface area contributed by atoms with E-state index in [2.05, 4.69) is 15.6 Å². The second-order valence-corrected chi connectivity index (χ2v) is 6.25. The van der Waals surface area contributed by atoms with Crippen molar-refractivity contribution >= 4 is 23.3 Å². The molecule has 142 valence electrons. The van der Waals surface area contributed by atoms with E-state index in [4.69, 9.17) is 4.74 Å². The molecule has 7 heteroatoms. The van der Waals surface area contributed by atoms with Crippen LogP contribution in [0.5, 0.6) is 5.75 Å². The van der Waals surface area contributed by atoms with E-state index in [1.54, 1.807) is 23.2 Å². The molecule has 3 rings (SSSR count). The number of likely N-dealkylation sites (tertiary alicyclic amines) is 1. The topological polar surface area (TPSA) is 83.6 Å². The van der Waals surface area contributed by atoms with Crippen LogP contribution in [0.1, 0.15) is 30.1 Å². The van der Waals surface area contributed by atoms with Crippen molar-refractivity contribution in [3.05, 3.63) is 48.2 Å². The first kappa shape index (κ1) is 18.7. The van der Waals surface area contributed by atoms with E-state index < -0.39 is 0 Å². The Bertz CT molecular complexity index is 786. The predicted octanol–water partition coefficient (Wildman–Crippen LogP) is 2.58. The molecule has 1 aliphatic heterocycles. The lowest BCUT2D eigenvalue weighted by molar-refractivity contribution is -0.129. The van der Waals surface area contributed by atoms with E-state index in [1.807, 2.05) is 31.2 Å². The van der Waals surface area contributed by atoms with E-state index in [1.165, 1.54) is 0 Å². The number of aromatic nitrogens is 1. The van der Waals surface area contributed by atoms with Crippen molar-refractivity contribution in [1.82, 2.24) is 15.2 Å². The molecule has 0 saturated carbocycles. The summed E-state index contributed by atoms with van der Waals surface area (Å²) < 4.78 is 5.43. The second-order valence-electron chi connectivity index (χ2n) is 6.25. The zero-order valence-electron chi connectivity index (χ0n) is 15.4. The van der Waals surface area contributed by atoms with Gasteiger partial charge < -0.3 is 20.3 Å². The fourth-order valence-electron chi connectivity index (χ4n) is 2.96. The Morgan fingerprint density at radius 2 is 1.89 bits per heavy atom. The van der Waals surface area contributed by atoms with Crippen molar-refractivity contribution < 1.29 is 14.3 Å². The summed E-state index contributed by atoms with van der Waals surface area (Å²) in [4.78, 5) is 30.7. The molecule has 0 radical (unpaired) electrons. The summed E-state index contributed by atoms with van der Waals surface area (Å²) in [6.07, 6.45) is 3.67. The molecule has 0 aliphatic carbocycles. The third-order valence-electron chi connectivity index (χ3n) is 4.34. The maximum absolute atomic E-state index is 12.5. The van der Waals surface area contributed by atoms with Gasteiger partial charge in [0.25, 0.3) is 5.91 Å². The van der Waals surface area contributed by atoms with Gasteiger partial charge in [-0.05, 0) is 56.2 Å². The molecule has 2 N–H and O–H groups in total. The van der Waals surface area contributed by atoms with Crippen LogP contribution in [0.3, 0.4) is 0 Å². The monoisotopic (exact) mass is 368 g/mol. The van der Waals surface area contributed by atoms with Crippen molar-refractivity contribution in [2.45, 2.75) is 19.8 Å². The molecule has 7 nitrogen and oxygen atoms in total. The van der Waals surface area contributed by atoms with Crippen molar-refractivity contribution in [3.63, 3.8) is 0 Å². The van der Waals surface area contributed by atoms with Gasteiger partial charge in [0, 0.05) is 25.0 Å². The van der Waals surface area contributed by atoms with Crippen LogP contribution < -0.4 is 15.4 Å². The number of ether oxygens (including phenoxy) is 1. The number of hydrogen-bond acceptors (Lipinski definition) is 5. The lowest BCUT2D eigenvalue weighted by Gasteiger charge is -2.16. The van der Waals surface area contributed by atoms with Crippen LogP contribution in [-0.4, -0.2) is 47.9 Å². The van der Waals surface area contributed by atoms with E-state index in [-0.39, 0.29) is 18.4 Å². The standard InChI is InChI=1S/C20H24N4O3/c1-2-27-16-9-7-15(8-10-16)23-19-17(6-5-11-21-19)20(26)22-14-18(25)24-12-3-4-13-24/h5-11H,2-4,12-14H2,1H3,(H,21,23)(H,22,26). The fraction of sp³-hybridized carbons (Fsp3) is 0.350. The van der Waals surface area contributed by atoms with Crippen molar-refractivity contribution in [1.29, 1.82) is 0 Å². The lowest BCUT2D eigenvalue weighted by atomic mass is 10.2. The summed E-state index contributed by atoms with van der Waals surface area (Å²) in [5, 5.41) is 5.84. The largest absolute Gasteiger partial charge is 0.494 e. The average Bonchev–Trinajstić information content (AvgIpc) is 3.23. The Labute approximate surface area is 158 Å². The van der Waals surface area contributed by atoms with Gasteiger partial charge in [0.1, 0.15) is 11.6 Å². The highest BCUT2D eigenvalue weighted by atomic mass is 16.5. The maximum atomic E-state index is 12.5. The molecule has 27 heavy (non-hydrogen) atoms. The minimum absolute atomic E-state index is 0.00375. The van der Waals surface area contributed by atoms with Gasteiger partial charge in [-0.25, -0.2) is 4.98 Å². The number of carbonyl (C=O) groups excluding carboxylic acids is 2. The molecule has 1 fully saturated rings. The second kappa shape index (κ2) is 9.02. The Balaban J connectivity index is 1.63. The van der Waals surface area contributed by atoms with Crippen LogP contribution in [0.4, 0.5) is 11.5 Å². The minimum atomic E-state index is -0.330. The molecule has 0 spiro atoms. The normalized spacial score (nSPS) is 13.3. The lowest BCUT2D eigenvalue weighted by Crippen LogP contribution is -2.38. The molecule has 2 heterocycles. The summed E-state index contributed by atoms with van der Waals surface area (Å²) in [5.41, 5.74) is 1.18. The van der Waals surface area contributed by atoms with Gasteiger partial charge in [-0.2, -0.15) is 0 Å². The molecule has 0 unspecified atom stereocenters. The van der Waals surface area contributed by atoms with Gasteiger partial charge in [0.2, 0.25) is 5.91 Å². The third kappa shape index (κ3) is 4.97. The van der Waals surface area contributed by atoms with Gasteiger partial charge >= 0.3 is 0 Å². The average molecular weight is 368 g/mol. The molecule has 0 atom stereocenters. The first-order valence-corrected chi connectivity index (χ1v) is 9.18. The van der Waals surface area contributed by atoms with Crippen LogP contribution in [0, 0.1) is 0 Å². The first-order chi connectivity index (χ1) is 13.2. The van der Waals surface area contributed by atoms with Gasteiger partial charge in [-0.3, -0.25) is 9.59 Å². The molecular weight excluding hydrogens is 344 g/mol. The third-order valence-corrected chi connectivity index (χ3v) is 4.34. The number of nitrogens with zero attached hydrogens (tertiary/aromatic N) is 2. The van der Waals surface area contributed by atoms with E-state index in [0.717, 1.165) is 37.4 Å². The fourth-order valence-corrected chi connectivity index (χ4v) is 2.96. The van der Waals surface area contributed by atoms with Gasteiger partial charge in [0.15, 0.2) is 0 Å². The van der Waals surface area contributed by atoms with Crippen LogP contribution in [0.15, 0.2) is 42.6 Å². The number of benzene rings is 1. The number of amides is 2. The smallest absolute Gasteiger partial charge is 0.255 e. The summed E-state index contributed by atoms with van der Waals surface area (Å²) in [6.45, 7) is 4.07. The van der Waals surface area contributed by atoms with E-state index in [9.17, 15) is 9.59 Å². The molecule has 1 aromatic carbocycles. The SMILES string of the molecule is CCOc1ccc(Nc2ncccc2C(=O)NCC(=O)N2CCCC2)cc1. The Morgan fingerprint density at radius 1 is 1.15 bits per heavy atom. The zero-order chi connectivity index (χ0) is 19.1. The number of anilines is 2. The highest BCUT2D eigenvalue weighted by Crippen LogP contribution is 2.21. The van der Waals surface area contributed by atoms with Gasteiger partial charge in [-0.15, -0.1) is 0 Å². The first-order valence-electron chi connectivity index (χ1n) is 9.18. The van der Waals surface area contributed by atoms with Gasteiger partial charge in [-0.1, -0.05) is 0 Å². The Kier molecular flexibility index (Phi) is 6.25. The molecule has 1 saturated heterocycles. The Hall–Kier alpha value is -3.09. The molecule has 2 amide bonds. The quantitative estimate of drug-likeness (QED) is 0.785. The highest BCUT2D eigenvalue weighted by Gasteiger charge is 2.19. The van der Waals surface area contributed by atoms with Crippen LogP contribution in [0.2, 0.25) is 0 Å². The van der Waals surface area contributed by atoms with Gasteiger partial charge in [0.05, 0.1) is 18.7 Å². The van der Waals surface area contributed by atoms with E-state index in [0.29, 0.717) is 18.0 Å². The van der Waals surface area contributed by atoms with Crippen LogP contribution in [0.25, 0.3) is 0 Å². The molecule has 2 aromatic rings. The highest BCUT2D eigenvalue weighted by molar-refractivity contribution is 6.00. The predicted molar refractivity (Wildman–Crippen MR) is 103 cm³/mol. The van der Waals surface area contributed by atoms with Crippen molar-refractivity contribution in [2.24, 2.45) is 0 Å². The molecule has 1 aromatic heterocycles. The van der Waals surface area contributed by atoms with Crippen LogP contribution >= 0.6 is 0 Å². The summed E-state index contributed by atoms with van der Waals surface area (Å²) >= 11 is 0. The van der Waals surface area contributed by atoms with E-state index >= 15 is 0 Å². The minimum Gasteiger partial charge on any atom is -0.494 e. The molecule has 1 aliphatic rings. The summed E-state index contributed by atoms with van der Waals surface area (Å²) in [7, 11) is 0.